The number of fused-ring (bicyclic) bond motifs is 1. The Bertz CT molecular complexity index is 735. The summed E-state index contributed by atoms with van der Waals surface area (Å²) in [6, 6.07) is 2.47. The van der Waals surface area contributed by atoms with E-state index in [9.17, 15) is 0 Å². The Kier molecular flexibility index (Phi) is 6.05. The summed E-state index contributed by atoms with van der Waals surface area (Å²) in [5, 5.41) is 0.232. The predicted octanol–water partition coefficient (Wildman–Crippen LogP) is 6.84. The highest BCUT2D eigenvalue weighted by atomic mass is 79.9. The van der Waals surface area contributed by atoms with Gasteiger partial charge in [0.25, 0.3) is 0 Å². The minimum atomic E-state index is -1.74. The molecule has 0 amide bonds. The summed E-state index contributed by atoms with van der Waals surface area (Å²) in [4.78, 5) is 4.68. The Morgan fingerprint density at radius 2 is 1.92 bits per heavy atom. The van der Waals surface area contributed by atoms with Crippen LogP contribution in [-0.2, 0) is 4.43 Å². The number of rotatable bonds is 5. The molecule has 0 saturated heterocycles. The Labute approximate surface area is 163 Å². The maximum absolute atomic E-state index is 6.49. The van der Waals surface area contributed by atoms with Crippen LogP contribution < -0.4 is 0 Å². The van der Waals surface area contributed by atoms with Crippen LogP contribution in [0.3, 0.4) is 0 Å². The number of halogens is 2. The third kappa shape index (κ3) is 3.97. The quantitative estimate of drug-likeness (QED) is 0.349. The van der Waals surface area contributed by atoms with E-state index in [1.54, 1.807) is 0 Å². The molecule has 2 aromatic rings. The second-order valence-electron chi connectivity index (χ2n) is 7.98. The Morgan fingerprint density at radius 1 is 1.29 bits per heavy atom. The summed E-state index contributed by atoms with van der Waals surface area (Å²) >= 11 is 7.09. The highest BCUT2D eigenvalue weighted by Gasteiger charge is 2.37. The monoisotopic (exact) mass is 474 g/mol. The highest BCUT2D eigenvalue weighted by molar-refractivity contribution is 9.13. The van der Waals surface area contributed by atoms with Gasteiger partial charge in [0.1, 0.15) is 4.60 Å². The van der Waals surface area contributed by atoms with E-state index in [0.717, 1.165) is 33.1 Å². The normalized spacial score (nSPS) is 14.4. The van der Waals surface area contributed by atoms with Gasteiger partial charge in [0.15, 0.2) is 8.32 Å². The fraction of sp³-hybridized carbons (Fsp3) is 0.611. The van der Waals surface area contributed by atoms with E-state index in [4.69, 9.17) is 4.43 Å². The maximum Gasteiger partial charge on any atom is 0.192 e. The largest absolute Gasteiger partial charge is 0.415 e. The van der Waals surface area contributed by atoms with Gasteiger partial charge >= 0.3 is 0 Å². The highest BCUT2D eigenvalue weighted by Crippen LogP contribution is 2.38. The van der Waals surface area contributed by atoms with Gasteiger partial charge in [-0.1, -0.05) is 27.7 Å². The van der Waals surface area contributed by atoms with Crippen LogP contribution in [0.5, 0.6) is 0 Å². The van der Waals surface area contributed by atoms with Crippen molar-refractivity contribution in [3.63, 3.8) is 0 Å². The zero-order chi connectivity index (χ0) is 18.3. The number of hydrogen-bond acceptors (Lipinski definition) is 2. The van der Waals surface area contributed by atoms with Gasteiger partial charge in [-0.15, -0.1) is 0 Å². The Morgan fingerprint density at radius 3 is 2.46 bits per heavy atom. The van der Waals surface area contributed by atoms with Crippen molar-refractivity contribution in [2.75, 3.05) is 6.61 Å². The van der Waals surface area contributed by atoms with Crippen LogP contribution in [-0.4, -0.2) is 24.5 Å². The molecule has 0 saturated carbocycles. The molecule has 1 atom stereocenters. The molecule has 0 unspecified atom stereocenters. The molecule has 0 radical (unpaired) electrons. The molecule has 0 bridgehead atoms. The summed E-state index contributed by atoms with van der Waals surface area (Å²) in [7, 11) is -1.74. The van der Waals surface area contributed by atoms with E-state index in [1.807, 2.05) is 0 Å². The lowest BCUT2D eigenvalue weighted by molar-refractivity contribution is 0.228. The van der Waals surface area contributed by atoms with Gasteiger partial charge in [0, 0.05) is 6.20 Å². The third-order valence-corrected chi connectivity index (χ3v) is 11.4. The number of aromatic nitrogens is 2. The summed E-state index contributed by atoms with van der Waals surface area (Å²) < 4.78 is 10.7. The predicted molar refractivity (Wildman–Crippen MR) is 112 cm³/mol. The first-order valence-corrected chi connectivity index (χ1v) is 12.9. The van der Waals surface area contributed by atoms with Gasteiger partial charge in [-0.2, -0.15) is 0 Å². The molecule has 2 aromatic heterocycles. The lowest BCUT2D eigenvalue weighted by atomic mass is 10.2. The first-order valence-electron chi connectivity index (χ1n) is 8.45. The van der Waals surface area contributed by atoms with E-state index < -0.39 is 8.32 Å². The van der Waals surface area contributed by atoms with Gasteiger partial charge in [0.05, 0.1) is 28.2 Å². The van der Waals surface area contributed by atoms with Gasteiger partial charge in [-0.05, 0) is 75.0 Å². The minimum absolute atomic E-state index is 0.232. The molecule has 0 aliphatic carbocycles. The van der Waals surface area contributed by atoms with Crippen molar-refractivity contribution in [3.8, 4) is 0 Å². The zero-order valence-electron chi connectivity index (χ0n) is 15.7. The van der Waals surface area contributed by atoms with Crippen molar-refractivity contribution >= 4 is 51.2 Å². The number of nitrogens with zero attached hydrogens (tertiary/aromatic N) is 2. The van der Waals surface area contributed by atoms with Crippen LogP contribution in [0.4, 0.5) is 0 Å². The van der Waals surface area contributed by atoms with Gasteiger partial charge in [0.2, 0.25) is 0 Å². The molecule has 0 aromatic carbocycles. The van der Waals surface area contributed by atoms with Crippen LogP contribution in [0.2, 0.25) is 18.1 Å². The topological polar surface area (TPSA) is 27.1 Å². The first-order chi connectivity index (χ1) is 11.0. The molecule has 0 spiro atoms. The molecular formula is C18H28Br2N2OSi. The molecular weight excluding hydrogens is 448 g/mol. The van der Waals surface area contributed by atoms with Crippen molar-refractivity contribution in [3.05, 3.63) is 26.9 Å². The van der Waals surface area contributed by atoms with E-state index in [1.165, 1.54) is 5.56 Å². The average Bonchev–Trinajstić information content (AvgIpc) is 2.76. The van der Waals surface area contributed by atoms with Crippen LogP contribution in [0.25, 0.3) is 11.0 Å². The SMILES string of the molecule is CC[C@@H](CO[Si](C)(C)C(C)(C)C)n1cc(C)c2nc(Br)c(Br)cc21. The molecule has 2 heterocycles. The Hall–Kier alpha value is -0.173. The van der Waals surface area contributed by atoms with Crippen molar-refractivity contribution < 1.29 is 4.43 Å². The molecule has 0 N–H and O–H groups in total. The summed E-state index contributed by atoms with van der Waals surface area (Å²) in [5.74, 6) is 0. The second-order valence-corrected chi connectivity index (χ2v) is 14.4. The third-order valence-electron chi connectivity index (χ3n) is 5.20. The second kappa shape index (κ2) is 7.21. The van der Waals surface area contributed by atoms with Gasteiger partial charge < -0.3 is 8.99 Å². The lowest BCUT2D eigenvalue weighted by Gasteiger charge is -2.37. The molecule has 6 heteroatoms. The van der Waals surface area contributed by atoms with E-state index in [0.29, 0.717) is 6.04 Å². The molecule has 24 heavy (non-hydrogen) atoms. The van der Waals surface area contributed by atoms with E-state index in [-0.39, 0.29) is 5.04 Å². The lowest BCUT2D eigenvalue weighted by Crippen LogP contribution is -2.42. The van der Waals surface area contributed by atoms with Crippen molar-refractivity contribution in [1.82, 2.24) is 9.55 Å². The Balaban J connectivity index is 2.35. The molecule has 0 aliphatic heterocycles. The molecule has 134 valence electrons. The number of aryl methyl sites for hydroxylation is 1. The fourth-order valence-electron chi connectivity index (χ4n) is 2.50. The minimum Gasteiger partial charge on any atom is -0.415 e. The summed E-state index contributed by atoms with van der Waals surface area (Å²) in [5.41, 5.74) is 3.41. The van der Waals surface area contributed by atoms with Crippen molar-refractivity contribution in [2.24, 2.45) is 0 Å². The van der Waals surface area contributed by atoms with Crippen LogP contribution in [0.1, 0.15) is 45.7 Å². The number of hydrogen-bond donors (Lipinski definition) is 0. The summed E-state index contributed by atoms with van der Waals surface area (Å²) in [6.45, 7) is 16.6. The first kappa shape index (κ1) is 20.1. The fourth-order valence-corrected chi connectivity index (χ4v) is 4.14. The molecule has 3 nitrogen and oxygen atoms in total. The molecule has 0 aliphatic rings. The zero-order valence-corrected chi connectivity index (χ0v) is 19.9. The van der Waals surface area contributed by atoms with E-state index >= 15 is 0 Å². The van der Waals surface area contributed by atoms with Crippen LogP contribution >= 0.6 is 31.9 Å². The van der Waals surface area contributed by atoms with Gasteiger partial charge in [-0.3, -0.25) is 0 Å². The standard InChI is InChI=1S/C18H28Br2N2OSi/c1-8-13(11-23-24(6,7)18(3,4)5)22-10-12(2)16-15(22)9-14(19)17(20)21-16/h9-10,13H,8,11H2,1-7H3/t13-/m0/s1. The summed E-state index contributed by atoms with van der Waals surface area (Å²) in [6.07, 6.45) is 3.24. The smallest absolute Gasteiger partial charge is 0.192 e. The molecule has 2 rings (SSSR count). The van der Waals surface area contributed by atoms with Crippen molar-refractivity contribution in [2.45, 2.75) is 65.2 Å². The van der Waals surface area contributed by atoms with Crippen molar-refractivity contribution in [1.29, 1.82) is 0 Å². The average molecular weight is 476 g/mol. The molecule has 0 fully saturated rings. The van der Waals surface area contributed by atoms with Gasteiger partial charge in [-0.25, -0.2) is 4.98 Å². The number of pyridine rings is 1. The maximum atomic E-state index is 6.49. The van der Waals surface area contributed by atoms with Crippen LogP contribution in [0, 0.1) is 6.92 Å². The van der Waals surface area contributed by atoms with Crippen LogP contribution in [0.15, 0.2) is 21.3 Å². The van der Waals surface area contributed by atoms with E-state index in [2.05, 4.69) is 101 Å².